The van der Waals surface area contributed by atoms with Crippen LogP contribution in [0.2, 0.25) is 5.02 Å². The molecule has 0 spiro atoms. The van der Waals surface area contributed by atoms with Crippen LogP contribution in [0.3, 0.4) is 0 Å². The highest BCUT2D eigenvalue weighted by Gasteiger charge is 2.12. The fourth-order valence-corrected chi connectivity index (χ4v) is 1.83. The average Bonchev–Trinajstić information content (AvgIpc) is 2.34. The molecule has 0 aliphatic carbocycles. The number of aromatic carboxylic acids is 1. The SMILES string of the molecule is CC(C)NCCCC(=O)Nc1cc(Cl)ccc1C(=O)O. The van der Waals surface area contributed by atoms with Gasteiger partial charge in [0.1, 0.15) is 0 Å². The van der Waals surface area contributed by atoms with Crippen molar-refractivity contribution in [2.24, 2.45) is 0 Å². The van der Waals surface area contributed by atoms with Gasteiger partial charge in [-0.25, -0.2) is 4.79 Å². The third kappa shape index (κ3) is 5.59. The quantitative estimate of drug-likeness (QED) is 0.676. The van der Waals surface area contributed by atoms with Gasteiger partial charge in [0.2, 0.25) is 5.91 Å². The lowest BCUT2D eigenvalue weighted by Crippen LogP contribution is -2.25. The number of nitrogens with one attached hydrogen (secondary N) is 2. The first-order valence-corrected chi connectivity index (χ1v) is 6.84. The lowest BCUT2D eigenvalue weighted by atomic mass is 10.1. The molecule has 0 saturated carbocycles. The molecule has 1 amide bonds. The molecule has 110 valence electrons. The summed E-state index contributed by atoms with van der Waals surface area (Å²) >= 11 is 5.81. The summed E-state index contributed by atoms with van der Waals surface area (Å²) < 4.78 is 0. The van der Waals surface area contributed by atoms with Crippen molar-refractivity contribution >= 4 is 29.2 Å². The molecule has 0 saturated heterocycles. The number of anilines is 1. The van der Waals surface area contributed by atoms with Gasteiger partial charge in [-0.1, -0.05) is 25.4 Å². The van der Waals surface area contributed by atoms with E-state index in [1.54, 1.807) is 0 Å². The van der Waals surface area contributed by atoms with Gasteiger partial charge in [0, 0.05) is 17.5 Å². The molecule has 0 fully saturated rings. The largest absolute Gasteiger partial charge is 0.478 e. The van der Waals surface area contributed by atoms with E-state index in [4.69, 9.17) is 16.7 Å². The minimum Gasteiger partial charge on any atom is -0.478 e. The number of rotatable bonds is 7. The molecular formula is C14H19ClN2O3. The summed E-state index contributed by atoms with van der Waals surface area (Å²) in [5.41, 5.74) is 0.259. The Morgan fingerprint density at radius 2 is 2.05 bits per heavy atom. The van der Waals surface area contributed by atoms with Crippen molar-refractivity contribution < 1.29 is 14.7 Å². The molecule has 1 rings (SSSR count). The van der Waals surface area contributed by atoms with Crippen LogP contribution in [0.1, 0.15) is 37.0 Å². The van der Waals surface area contributed by atoms with Gasteiger partial charge in [0.15, 0.2) is 0 Å². The van der Waals surface area contributed by atoms with Gasteiger partial charge in [-0.15, -0.1) is 0 Å². The Bertz CT molecular complexity index is 489. The zero-order valence-corrected chi connectivity index (χ0v) is 12.3. The number of benzene rings is 1. The van der Waals surface area contributed by atoms with Crippen molar-refractivity contribution in [1.29, 1.82) is 0 Å². The number of hydrogen-bond acceptors (Lipinski definition) is 3. The number of halogens is 1. The second-order valence-electron chi connectivity index (χ2n) is 4.76. The van der Waals surface area contributed by atoms with Crippen LogP contribution in [0.15, 0.2) is 18.2 Å². The van der Waals surface area contributed by atoms with Crippen molar-refractivity contribution in [3.8, 4) is 0 Å². The zero-order valence-electron chi connectivity index (χ0n) is 11.6. The minimum atomic E-state index is -1.10. The molecule has 0 radical (unpaired) electrons. The standard InChI is InChI=1S/C14H19ClN2O3/c1-9(2)16-7-3-4-13(18)17-12-8-10(15)5-6-11(12)14(19)20/h5-6,8-9,16H,3-4,7H2,1-2H3,(H,17,18)(H,19,20). The monoisotopic (exact) mass is 298 g/mol. The van der Waals surface area contributed by atoms with Crippen molar-refractivity contribution in [2.75, 3.05) is 11.9 Å². The fourth-order valence-electron chi connectivity index (χ4n) is 1.66. The van der Waals surface area contributed by atoms with Crippen LogP contribution < -0.4 is 10.6 Å². The van der Waals surface area contributed by atoms with Gasteiger partial charge in [0.25, 0.3) is 0 Å². The molecule has 3 N–H and O–H groups in total. The lowest BCUT2D eigenvalue weighted by Gasteiger charge is -2.10. The molecule has 6 heteroatoms. The number of carboxylic acids is 1. The first kappa shape index (κ1) is 16.5. The molecule has 5 nitrogen and oxygen atoms in total. The van der Waals surface area contributed by atoms with E-state index in [0.717, 1.165) is 6.54 Å². The van der Waals surface area contributed by atoms with Crippen LogP contribution in [0.25, 0.3) is 0 Å². The van der Waals surface area contributed by atoms with Crippen LogP contribution >= 0.6 is 11.6 Å². The smallest absolute Gasteiger partial charge is 0.337 e. The van der Waals surface area contributed by atoms with Crippen LogP contribution in [0, 0.1) is 0 Å². The van der Waals surface area contributed by atoms with Gasteiger partial charge >= 0.3 is 5.97 Å². The molecule has 0 aliphatic rings. The van der Waals surface area contributed by atoms with Crippen LogP contribution in [-0.4, -0.2) is 29.6 Å². The number of hydrogen-bond donors (Lipinski definition) is 3. The third-order valence-electron chi connectivity index (χ3n) is 2.62. The first-order valence-electron chi connectivity index (χ1n) is 6.46. The summed E-state index contributed by atoms with van der Waals surface area (Å²) in [7, 11) is 0. The Morgan fingerprint density at radius 1 is 1.35 bits per heavy atom. The van der Waals surface area contributed by atoms with Crippen molar-refractivity contribution in [1.82, 2.24) is 5.32 Å². The third-order valence-corrected chi connectivity index (χ3v) is 2.85. The molecule has 20 heavy (non-hydrogen) atoms. The minimum absolute atomic E-state index is 0.0306. The second-order valence-corrected chi connectivity index (χ2v) is 5.19. The summed E-state index contributed by atoms with van der Waals surface area (Å²) in [5, 5.41) is 15.2. The summed E-state index contributed by atoms with van der Waals surface area (Å²) in [4.78, 5) is 22.8. The number of carbonyl (C=O) groups is 2. The van der Waals surface area contributed by atoms with E-state index in [1.165, 1.54) is 18.2 Å². The van der Waals surface area contributed by atoms with E-state index < -0.39 is 5.97 Å². The van der Waals surface area contributed by atoms with Crippen molar-refractivity contribution in [3.63, 3.8) is 0 Å². The lowest BCUT2D eigenvalue weighted by molar-refractivity contribution is -0.116. The van der Waals surface area contributed by atoms with E-state index in [-0.39, 0.29) is 17.2 Å². The Morgan fingerprint density at radius 3 is 2.65 bits per heavy atom. The molecular weight excluding hydrogens is 280 g/mol. The summed E-state index contributed by atoms with van der Waals surface area (Å²) in [5.74, 6) is -1.32. The molecule has 1 aromatic rings. The van der Waals surface area contributed by atoms with Gasteiger partial charge in [-0.05, 0) is 31.2 Å². The summed E-state index contributed by atoms with van der Waals surface area (Å²) in [6.45, 7) is 4.81. The van der Waals surface area contributed by atoms with E-state index in [0.29, 0.717) is 23.9 Å². The maximum Gasteiger partial charge on any atom is 0.337 e. The number of amides is 1. The van der Waals surface area contributed by atoms with Gasteiger partial charge in [-0.3, -0.25) is 4.79 Å². The Labute approximate surface area is 123 Å². The topological polar surface area (TPSA) is 78.4 Å². The zero-order chi connectivity index (χ0) is 15.1. The highest BCUT2D eigenvalue weighted by Crippen LogP contribution is 2.21. The predicted molar refractivity (Wildman–Crippen MR) is 79.4 cm³/mol. The number of carboxylic acid groups (broad SMARTS) is 1. The van der Waals surface area contributed by atoms with Gasteiger partial charge in [0.05, 0.1) is 11.3 Å². The van der Waals surface area contributed by atoms with E-state index in [9.17, 15) is 9.59 Å². The molecule has 0 aliphatic heterocycles. The normalized spacial score (nSPS) is 10.6. The average molecular weight is 299 g/mol. The molecule has 0 aromatic heterocycles. The van der Waals surface area contributed by atoms with Crippen molar-refractivity contribution in [3.05, 3.63) is 28.8 Å². The van der Waals surface area contributed by atoms with Crippen LogP contribution in [0.5, 0.6) is 0 Å². The maximum atomic E-state index is 11.8. The molecule has 0 unspecified atom stereocenters. The molecule has 1 aromatic carbocycles. The van der Waals surface area contributed by atoms with Crippen LogP contribution in [0.4, 0.5) is 5.69 Å². The molecule has 0 bridgehead atoms. The van der Waals surface area contributed by atoms with Crippen LogP contribution in [-0.2, 0) is 4.79 Å². The summed E-state index contributed by atoms with van der Waals surface area (Å²) in [6, 6.07) is 4.67. The fraction of sp³-hybridized carbons (Fsp3) is 0.429. The highest BCUT2D eigenvalue weighted by atomic mass is 35.5. The Hall–Kier alpha value is -1.59. The maximum absolute atomic E-state index is 11.8. The van der Waals surface area contributed by atoms with Crippen molar-refractivity contribution in [2.45, 2.75) is 32.7 Å². The first-order chi connectivity index (χ1) is 9.40. The molecule has 0 heterocycles. The Balaban J connectivity index is 2.57. The highest BCUT2D eigenvalue weighted by molar-refractivity contribution is 6.31. The van der Waals surface area contributed by atoms with E-state index in [2.05, 4.69) is 10.6 Å². The predicted octanol–water partition coefficient (Wildman–Crippen LogP) is 2.75. The van der Waals surface area contributed by atoms with E-state index >= 15 is 0 Å². The second kappa shape index (κ2) is 7.87. The van der Waals surface area contributed by atoms with E-state index in [1.807, 2.05) is 13.8 Å². The number of carbonyl (C=O) groups excluding carboxylic acids is 1. The molecule has 0 atom stereocenters. The summed E-state index contributed by atoms with van der Waals surface area (Å²) in [6.07, 6.45) is 1.01. The van der Waals surface area contributed by atoms with Gasteiger partial charge < -0.3 is 15.7 Å². The van der Waals surface area contributed by atoms with Gasteiger partial charge in [-0.2, -0.15) is 0 Å². The Kier molecular flexibility index (Phi) is 6.48.